The third kappa shape index (κ3) is 3.31. The summed E-state index contributed by atoms with van der Waals surface area (Å²) < 4.78 is 26.5. The highest BCUT2D eigenvalue weighted by molar-refractivity contribution is 8.14. The van der Waals surface area contributed by atoms with E-state index < -0.39 is 10.0 Å². The number of aryl methyl sites for hydroxylation is 1. The first-order valence-electron chi connectivity index (χ1n) is 5.41. The summed E-state index contributed by atoms with van der Waals surface area (Å²) in [5, 5.41) is -0.355. The molecule has 1 aromatic heterocycles. The fourth-order valence-electron chi connectivity index (χ4n) is 1.55. The number of nitrogens with one attached hydrogen (secondary N) is 1. The summed E-state index contributed by atoms with van der Waals surface area (Å²) in [4.78, 5) is 27.5. The number of aromatic nitrogens is 1. The summed E-state index contributed by atoms with van der Waals surface area (Å²) in [5.74, 6) is -0.203. The van der Waals surface area contributed by atoms with Gasteiger partial charge in [-0.05, 0) is 6.92 Å². The van der Waals surface area contributed by atoms with E-state index >= 15 is 0 Å². The number of hydrogen-bond donors (Lipinski definition) is 1. The molecule has 0 aliphatic carbocycles. The molecular formula is C9H10ClN3O4S3. The normalized spacial score (nSPS) is 16.2. The number of amides is 2. The highest BCUT2D eigenvalue weighted by Crippen LogP contribution is 2.26. The first-order chi connectivity index (χ1) is 9.31. The van der Waals surface area contributed by atoms with Crippen LogP contribution >= 0.6 is 34.7 Å². The Hall–Kier alpha value is -0.680. The fraction of sp³-hybridized carbons (Fsp3) is 0.444. The molecule has 1 N–H and O–H groups in total. The summed E-state index contributed by atoms with van der Waals surface area (Å²) >= 11 is 7.43. The van der Waals surface area contributed by atoms with Crippen molar-refractivity contribution >= 4 is 55.9 Å². The lowest BCUT2D eigenvalue weighted by atomic mass is 10.5. The summed E-state index contributed by atoms with van der Waals surface area (Å²) in [6, 6.07) is 0. The molecule has 1 saturated heterocycles. The Kier molecular flexibility index (Phi) is 4.69. The van der Waals surface area contributed by atoms with Gasteiger partial charge in [-0.3, -0.25) is 14.5 Å². The molecule has 0 bridgehead atoms. The van der Waals surface area contributed by atoms with E-state index in [9.17, 15) is 18.0 Å². The van der Waals surface area contributed by atoms with Gasteiger partial charge in [0.05, 0.1) is 11.4 Å². The number of carbonyl (C=O) groups is 2. The van der Waals surface area contributed by atoms with Crippen LogP contribution in [-0.4, -0.2) is 48.3 Å². The second-order valence-electron chi connectivity index (χ2n) is 3.84. The van der Waals surface area contributed by atoms with Gasteiger partial charge in [-0.25, -0.2) is 18.1 Å². The van der Waals surface area contributed by atoms with Gasteiger partial charge >= 0.3 is 0 Å². The lowest BCUT2D eigenvalue weighted by Gasteiger charge is -2.12. The average molecular weight is 356 g/mol. The predicted molar refractivity (Wildman–Crippen MR) is 76.6 cm³/mol. The number of thiazole rings is 1. The molecule has 20 heavy (non-hydrogen) atoms. The van der Waals surface area contributed by atoms with E-state index in [2.05, 4.69) is 9.71 Å². The van der Waals surface area contributed by atoms with Gasteiger partial charge in [-0.2, -0.15) is 0 Å². The van der Waals surface area contributed by atoms with E-state index in [1.807, 2.05) is 0 Å². The second-order valence-corrected chi connectivity index (χ2v) is 8.31. The van der Waals surface area contributed by atoms with Crippen LogP contribution < -0.4 is 4.72 Å². The van der Waals surface area contributed by atoms with Gasteiger partial charge in [0.2, 0.25) is 5.91 Å². The number of rotatable bonds is 5. The van der Waals surface area contributed by atoms with Crippen molar-refractivity contribution < 1.29 is 18.0 Å². The number of hydrogen-bond acceptors (Lipinski definition) is 7. The van der Waals surface area contributed by atoms with E-state index in [0.717, 1.165) is 28.0 Å². The van der Waals surface area contributed by atoms with E-state index in [0.29, 0.717) is 5.69 Å². The number of thioether (sulfide) groups is 1. The van der Waals surface area contributed by atoms with Gasteiger partial charge < -0.3 is 0 Å². The van der Waals surface area contributed by atoms with E-state index in [-0.39, 0.29) is 38.7 Å². The van der Waals surface area contributed by atoms with Crippen molar-refractivity contribution in [3.63, 3.8) is 0 Å². The van der Waals surface area contributed by atoms with Crippen molar-refractivity contribution in [1.29, 1.82) is 0 Å². The van der Waals surface area contributed by atoms with Gasteiger partial charge in [-0.1, -0.05) is 34.7 Å². The largest absolute Gasteiger partial charge is 0.288 e. The van der Waals surface area contributed by atoms with Crippen molar-refractivity contribution in [2.45, 2.75) is 11.1 Å². The SMILES string of the molecule is Cc1nc(Cl)sc1S(=O)(=O)NCCN1C(=O)CSC1=O. The molecule has 11 heteroatoms. The summed E-state index contributed by atoms with van der Waals surface area (Å²) in [6.45, 7) is 1.51. The molecule has 0 aromatic carbocycles. The summed E-state index contributed by atoms with van der Waals surface area (Å²) in [5.41, 5.74) is 0.316. The lowest BCUT2D eigenvalue weighted by molar-refractivity contribution is -0.124. The van der Waals surface area contributed by atoms with Gasteiger partial charge in [0, 0.05) is 13.1 Å². The van der Waals surface area contributed by atoms with Crippen molar-refractivity contribution in [2.75, 3.05) is 18.8 Å². The van der Waals surface area contributed by atoms with E-state index in [1.54, 1.807) is 6.92 Å². The quantitative estimate of drug-likeness (QED) is 0.848. The van der Waals surface area contributed by atoms with Gasteiger partial charge in [0.25, 0.3) is 15.3 Å². The molecule has 0 unspecified atom stereocenters. The monoisotopic (exact) mass is 355 g/mol. The number of imide groups is 1. The zero-order chi connectivity index (χ0) is 14.9. The van der Waals surface area contributed by atoms with Crippen LogP contribution in [0, 0.1) is 6.92 Å². The minimum atomic E-state index is -3.73. The Bertz CT molecular complexity index is 641. The lowest BCUT2D eigenvalue weighted by Crippen LogP contribution is -2.37. The van der Waals surface area contributed by atoms with Crippen LogP contribution in [0.5, 0.6) is 0 Å². The fourth-order valence-corrected chi connectivity index (χ4v) is 5.11. The minimum Gasteiger partial charge on any atom is -0.273 e. The topological polar surface area (TPSA) is 96.4 Å². The van der Waals surface area contributed by atoms with Gasteiger partial charge in [0.15, 0.2) is 8.68 Å². The molecular weight excluding hydrogens is 346 g/mol. The maximum atomic E-state index is 12.0. The van der Waals surface area contributed by atoms with E-state index in [4.69, 9.17) is 11.6 Å². The van der Waals surface area contributed by atoms with Crippen LogP contribution in [0.25, 0.3) is 0 Å². The molecule has 0 radical (unpaired) electrons. The molecule has 1 fully saturated rings. The van der Waals surface area contributed by atoms with Crippen LogP contribution in [0.2, 0.25) is 4.47 Å². The highest BCUT2D eigenvalue weighted by atomic mass is 35.5. The Balaban J connectivity index is 1.98. The van der Waals surface area contributed by atoms with Gasteiger partial charge in [0.1, 0.15) is 0 Å². The van der Waals surface area contributed by atoms with Crippen LogP contribution in [0.4, 0.5) is 4.79 Å². The van der Waals surface area contributed by atoms with Crippen LogP contribution in [0.15, 0.2) is 4.21 Å². The maximum Gasteiger partial charge on any atom is 0.288 e. The van der Waals surface area contributed by atoms with Crippen molar-refractivity contribution in [3.8, 4) is 0 Å². The molecule has 0 atom stereocenters. The Morgan fingerprint density at radius 2 is 2.15 bits per heavy atom. The molecule has 1 aromatic rings. The molecule has 2 amide bonds. The average Bonchev–Trinajstić information content (AvgIpc) is 2.85. The molecule has 0 saturated carbocycles. The first-order valence-corrected chi connectivity index (χ1v) is 9.07. The third-order valence-electron chi connectivity index (χ3n) is 2.44. The van der Waals surface area contributed by atoms with Crippen LogP contribution in [0.1, 0.15) is 5.69 Å². The Morgan fingerprint density at radius 3 is 2.65 bits per heavy atom. The van der Waals surface area contributed by atoms with Crippen molar-refractivity contribution in [1.82, 2.24) is 14.6 Å². The van der Waals surface area contributed by atoms with Crippen molar-refractivity contribution in [2.24, 2.45) is 0 Å². The third-order valence-corrected chi connectivity index (χ3v) is 6.63. The molecule has 7 nitrogen and oxygen atoms in total. The molecule has 2 heterocycles. The van der Waals surface area contributed by atoms with Crippen LogP contribution in [-0.2, 0) is 14.8 Å². The summed E-state index contributed by atoms with van der Waals surface area (Å²) in [7, 11) is -3.73. The molecule has 1 aliphatic heterocycles. The standard InChI is InChI=1S/C9H10ClN3O4S3/c1-5-7(19-8(10)12-5)20(16,17)11-2-3-13-6(14)4-18-9(13)15/h11H,2-4H2,1H3. The number of halogens is 1. The highest BCUT2D eigenvalue weighted by Gasteiger charge is 2.30. The Labute approximate surface area is 128 Å². The van der Waals surface area contributed by atoms with Gasteiger partial charge in [-0.15, -0.1) is 0 Å². The Morgan fingerprint density at radius 1 is 1.45 bits per heavy atom. The number of carbonyl (C=O) groups excluding carboxylic acids is 2. The zero-order valence-corrected chi connectivity index (χ0v) is 13.5. The summed E-state index contributed by atoms with van der Waals surface area (Å²) in [6.07, 6.45) is 0. The second kappa shape index (κ2) is 5.98. The van der Waals surface area contributed by atoms with Crippen LogP contribution in [0.3, 0.4) is 0 Å². The maximum absolute atomic E-state index is 12.0. The minimum absolute atomic E-state index is 0.00940. The molecule has 2 rings (SSSR count). The molecule has 1 aliphatic rings. The predicted octanol–water partition coefficient (Wildman–Crippen LogP) is 1.08. The number of nitrogens with zero attached hydrogens (tertiary/aromatic N) is 2. The smallest absolute Gasteiger partial charge is 0.273 e. The molecule has 110 valence electrons. The number of sulfonamides is 1. The molecule has 0 spiro atoms. The van der Waals surface area contributed by atoms with E-state index in [1.165, 1.54) is 0 Å². The zero-order valence-electron chi connectivity index (χ0n) is 10.3. The first kappa shape index (κ1) is 15.7. The van der Waals surface area contributed by atoms with Crippen molar-refractivity contribution in [3.05, 3.63) is 10.2 Å².